The number of carbonyl (C=O) groups is 2. The molecule has 1 aromatic rings. The van der Waals surface area contributed by atoms with E-state index in [1.165, 1.54) is 6.07 Å². The molecule has 8 heteroatoms. The summed E-state index contributed by atoms with van der Waals surface area (Å²) in [7, 11) is 0. The van der Waals surface area contributed by atoms with Crippen molar-refractivity contribution in [2.45, 2.75) is 20.0 Å². The average Bonchev–Trinajstić information content (AvgIpc) is 2.29. The predicted octanol–water partition coefficient (Wildman–Crippen LogP) is 3.41. The van der Waals surface area contributed by atoms with Gasteiger partial charge in [-0.1, -0.05) is 17.7 Å². The average molecular weight is 310 g/mol. The first kappa shape index (κ1) is 16.3. The molecule has 1 rings (SSSR count). The first-order valence-corrected chi connectivity index (χ1v) is 5.76. The fraction of sp³-hybridized carbons (Fsp3) is 0.333. The third-order valence-corrected chi connectivity index (χ3v) is 2.97. The van der Waals surface area contributed by atoms with Gasteiger partial charge < -0.3 is 10.4 Å². The molecule has 20 heavy (non-hydrogen) atoms. The highest BCUT2D eigenvalue weighted by Crippen LogP contribution is 2.39. The highest BCUT2D eigenvalue weighted by atomic mass is 35.5. The molecule has 0 bridgehead atoms. The minimum atomic E-state index is -4.72. The standard InChI is InChI=1S/C12H11ClF3NO3/c1-11(2,10(19)20)9(18)17-8-6(12(14,15)16)4-3-5-7(8)13/h3-5H,1-2H3,(H,17,18)(H,19,20). The van der Waals surface area contributed by atoms with E-state index in [9.17, 15) is 22.8 Å². The summed E-state index contributed by atoms with van der Waals surface area (Å²) in [6.45, 7) is 2.16. The van der Waals surface area contributed by atoms with Crippen LogP contribution < -0.4 is 5.32 Å². The molecule has 0 aliphatic rings. The van der Waals surface area contributed by atoms with Crippen molar-refractivity contribution >= 4 is 29.2 Å². The Balaban J connectivity index is 3.23. The second-order valence-corrected chi connectivity index (χ2v) is 4.95. The number of anilines is 1. The minimum Gasteiger partial charge on any atom is -0.480 e. The van der Waals surface area contributed by atoms with Crippen LogP contribution in [0.5, 0.6) is 0 Å². The molecule has 4 nitrogen and oxygen atoms in total. The lowest BCUT2D eigenvalue weighted by Crippen LogP contribution is -2.38. The fourth-order valence-electron chi connectivity index (χ4n) is 1.25. The summed E-state index contributed by atoms with van der Waals surface area (Å²) in [5, 5.41) is 10.5. The number of rotatable bonds is 3. The molecule has 0 aliphatic carbocycles. The summed E-state index contributed by atoms with van der Waals surface area (Å²) in [4.78, 5) is 22.7. The van der Waals surface area contributed by atoms with Gasteiger partial charge in [0.05, 0.1) is 16.3 Å². The number of nitrogens with one attached hydrogen (secondary N) is 1. The van der Waals surface area contributed by atoms with Crippen LogP contribution in [0.2, 0.25) is 5.02 Å². The Bertz CT molecular complexity index is 555. The van der Waals surface area contributed by atoms with Gasteiger partial charge in [-0.05, 0) is 26.0 Å². The molecule has 0 aliphatic heterocycles. The zero-order chi connectivity index (χ0) is 15.7. The molecule has 0 radical (unpaired) electrons. The first-order chi connectivity index (χ1) is 8.98. The maximum atomic E-state index is 12.8. The van der Waals surface area contributed by atoms with Crippen LogP contribution in [0.3, 0.4) is 0 Å². The second kappa shape index (κ2) is 5.32. The summed E-state index contributed by atoms with van der Waals surface area (Å²) in [6, 6.07) is 3.00. The van der Waals surface area contributed by atoms with Crippen LogP contribution in [0, 0.1) is 5.41 Å². The highest BCUT2D eigenvalue weighted by Gasteiger charge is 2.39. The zero-order valence-corrected chi connectivity index (χ0v) is 11.3. The van der Waals surface area contributed by atoms with E-state index < -0.39 is 34.7 Å². The predicted molar refractivity (Wildman–Crippen MR) is 66.5 cm³/mol. The van der Waals surface area contributed by atoms with Crippen molar-refractivity contribution in [1.82, 2.24) is 0 Å². The van der Waals surface area contributed by atoms with E-state index in [0.717, 1.165) is 26.0 Å². The molecule has 1 aromatic carbocycles. The third kappa shape index (κ3) is 3.22. The molecule has 0 saturated heterocycles. The van der Waals surface area contributed by atoms with Gasteiger partial charge in [-0.15, -0.1) is 0 Å². The van der Waals surface area contributed by atoms with Gasteiger partial charge in [-0.2, -0.15) is 13.2 Å². The second-order valence-electron chi connectivity index (χ2n) is 4.54. The number of carbonyl (C=O) groups excluding carboxylic acids is 1. The van der Waals surface area contributed by atoms with E-state index in [1.54, 1.807) is 0 Å². The fourth-order valence-corrected chi connectivity index (χ4v) is 1.48. The van der Waals surface area contributed by atoms with Crippen molar-refractivity contribution in [2.75, 3.05) is 5.32 Å². The van der Waals surface area contributed by atoms with Gasteiger partial charge in [-0.3, -0.25) is 9.59 Å². The number of aliphatic carboxylic acids is 1. The lowest BCUT2D eigenvalue weighted by Gasteiger charge is -2.21. The van der Waals surface area contributed by atoms with Crippen molar-refractivity contribution in [3.8, 4) is 0 Å². The van der Waals surface area contributed by atoms with Crippen molar-refractivity contribution < 1.29 is 27.9 Å². The molecule has 0 heterocycles. The van der Waals surface area contributed by atoms with E-state index in [0.29, 0.717) is 0 Å². The SMILES string of the molecule is CC(C)(C(=O)O)C(=O)Nc1c(Cl)cccc1C(F)(F)F. The molecule has 1 amide bonds. The van der Waals surface area contributed by atoms with Gasteiger partial charge in [-0.25, -0.2) is 0 Å². The van der Waals surface area contributed by atoms with Gasteiger partial charge in [0, 0.05) is 0 Å². The molecule has 0 fully saturated rings. The Morgan fingerprint density at radius 3 is 2.25 bits per heavy atom. The number of carboxylic acids is 1. The van der Waals surface area contributed by atoms with Gasteiger partial charge in [0.25, 0.3) is 0 Å². The number of carboxylic acid groups (broad SMARTS) is 1. The van der Waals surface area contributed by atoms with Crippen LogP contribution in [0.15, 0.2) is 18.2 Å². The zero-order valence-electron chi connectivity index (χ0n) is 10.5. The highest BCUT2D eigenvalue weighted by molar-refractivity contribution is 6.34. The number of hydrogen-bond acceptors (Lipinski definition) is 2. The maximum absolute atomic E-state index is 12.8. The Morgan fingerprint density at radius 1 is 1.25 bits per heavy atom. The number of amides is 1. The largest absolute Gasteiger partial charge is 0.480 e. The van der Waals surface area contributed by atoms with Gasteiger partial charge in [0.1, 0.15) is 5.41 Å². The summed E-state index contributed by atoms with van der Waals surface area (Å²) < 4.78 is 38.4. The number of halogens is 4. The monoisotopic (exact) mass is 309 g/mol. The lowest BCUT2D eigenvalue weighted by atomic mass is 9.92. The smallest absolute Gasteiger partial charge is 0.418 e. The maximum Gasteiger partial charge on any atom is 0.418 e. The number of benzene rings is 1. The summed E-state index contributed by atoms with van der Waals surface area (Å²) in [5.74, 6) is -2.56. The topological polar surface area (TPSA) is 66.4 Å². The van der Waals surface area contributed by atoms with Crippen molar-refractivity contribution in [3.63, 3.8) is 0 Å². The quantitative estimate of drug-likeness (QED) is 0.841. The van der Waals surface area contributed by atoms with E-state index in [-0.39, 0.29) is 5.02 Å². The minimum absolute atomic E-state index is 0.325. The van der Waals surface area contributed by atoms with Crippen LogP contribution in [-0.2, 0) is 15.8 Å². The molecule has 110 valence electrons. The van der Waals surface area contributed by atoms with Crippen LogP contribution in [0.1, 0.15) is 19.4 Å². The van der Waals surface area contributed by atoms with Crippen LogP contribution in [-0.4, -0.2) is 17.0 Å². The molecular formula is C12H11ClF3NO3. The first-order valence-electron chi connectivity index (χ1n) is 5.38. The van der Waals surface area contributed by atoms with Crippen LogP contribution in [0.4, 0.5) is 18.9 Å². The van der Waals surface area contributed by atoms with Crippen molar-refractivity contribution in [1.29, 1.82) is 0 Å². The van der Waals surface area contributed by atoms with Crippen LogP contribution in [0.25, 0.3) is 0 Å². The molecule has 2 N–H and O–H groups in total. The van der Waals surface area contributed by atoms with E-state index >= 15 is 0 Å². The number of para-hydroxylation sites is 1. The third-order valence-electron chi connectivity index (χ3n) is 2.66. The normalized spacial score (nSPS) is 12.1. The van der Waals surface area contributed by atoms with Crippen molar-refractivity contribution in [3.05, 3.63) is 28.8 Å². The Hall–Kier alpha value is -1.76. The van der Waals surface area contributed by atoms with Crippen LogP contribution >= 0.6 is 11.6 Å². The van der Waals surface area contributed by atoms with E-state index in [1.807, 2.05) is 5.32 Å². The molecular weight excluding hydrogens is 299 g/mol. The Morgan fingerprint density at radius 2 is 1.80 bits per heavy atom. The molecule has 0 spiro atoms. The molecule has 0 unspecified atom stereocenters. The molecule has 0 atom stereocenters. The number of alkyl halides is 3. The van der Waals surface area contributed by atoms with Gasteiger partial charge in [0.2, 0.25) is 5.91 Å². The molecule has 0 saturated carbocycles. The number of hydrogen-bond donors (Lipinski definition) is 2. The Labute approximate surface area is 117 Å². The van der Waals surface area contributed by atoms with E-state index in [4.69, 9.17) is 16.7 Å². The Kier molecular flexibility index (Phi) is 4.33. The van der Waals surface area contributed by atoms with Gasteiger partial charge in [0.15, 0.2) is 0 Å². The summed E-state index contributed by atoms with van der Waals surface area (Å²) >= 11 is 5.65. The summed E-state index contributed by atoms with van der Waals surface area (Å²) in [6.07, 6.45) is -4.72. The van der Waals surface area contributed by atoms with E-state index in [2.05, 4.69) is 0 Å². The van der Waals surface area contributed by atoms with Crippen molar-refractivity contribution in [2.24, 2.45) is 5.41 Å². The van der Waals surface area contributed by atoms with Gasteiger partial charge >= 0.3 is 12.1 Å². The molecule has 0 aromatic heterocycles. The summed E-state index contributed by atoms with van der Waals surface area (Å²) in [5.41, 5.74) is -3.68. The lowest BCUT2D eigenvalue weighted by molar-refractivity contribution is -0.151.